The van der Waals surface area contributed by atoms with Crippen LogP contribution in [0.1, 0.15) is 29.9 Å². The molecule has 4 rings (SSSR count). The molecule has 2 unspecified atom stereocenters. The van der Waals surface area contributed by atoms with Crippen LogP contribution in [0.4, 0.5) is 5.69 Å². The number of rotatable bonds is 2. The first kappa shape index (κ1) is 12.9. The van der Waals surface area contributed by atoms with Crippen molar-refractivity contribution in [1.29, 1.82) is 0 Å². The highest BCUT2D eigenvalue weighted by Gasteiger charge is 2.33. The number of hydrogen-bond acceptors (Lipinski definition) is 2. The third-order valence-corrected chi connectivity index (χ3v) is 4.95. The summed E-state index contributed by atoms with van der Waals surface area (Å²) in [5, 5.41) is 3.73. The van der Waals surface area contributed by atoms with Crippen LogP contribution in [0.2, 0.25) is 0 Å². The molecule has 0 radical (unpaired) electrons. The van der Waals surface area contributed by atoms with E-state index in [4.69, 9.17) is 0 Å². The van der Waals surface area contributed by atoms with E-state index in [-0.39, 0.29) is 0 Å². The Morgan fingerprint density at radius 1 is 0.905 bits per heavy atom. The van der Waals surface area contributed by atoms with Crippen LogP contribution in [0.5, 0.6) is 0 Å². The summed E-state index contributed by atoms with van der Waals surface area (Å²) in [7, 11) is 0. The molecule has 2 heterocycles. The average molecular weight is 278 g/mol. The van der Waals surface area contributed by atoms with Crippen LogP contribution < -0.4 is 5.32 Å². The summed E-state index contributed by atoms with van der Waals surface area (Å²) >= 11 is 0. The Balaban J connectivity index is 1.47. The van der Waals surface area contributed by atoms with Crippen molar-refractivity contribution < 1.29 is 0 Å². The van der Waals surface area contributed by atoms with Gasteiger partial charge in [0.05, 0.1) is 0 Å². The van der Waals surface area contributed by atoms with Gasteiger partial charge < -0.3 is 5.32 Å². The molecule has 1 saturated heterocycles. The van der Waals surface area contributed by atoms with Crippen LogP contribution in [0.3, 0.4) is 0 Å². The first-order valence-corrected chi connectivity index (χ1v) is 8.02. The zero-order valence-corrected chi connectivity index (χ0v) is 12.3. The molecule has 2 atom stereocenters. The Bertz CT molecular complexity index is 608. The molecule has 2 aliphatic rings. The Morgan fingerprint density at radius 2 is 1.67 bits per heavy atom. The third kappa shape index (κ3) is 2.56. The van der Waals surface area contributed by atoms with Crippen molar-refractivity contribution in [2.75, 3.05) is 18.4 Å². The van der Waals surface area contributed by atoms with Crippen molar-refractivity contribution in [3.63, 3.8) is 0 Å². The molecule has 0 amide bonds. The number of fused-ring (bicyclic) bond motifs is 3. The monoisotopic (exact) mass is 278 g/mol. The summed E-state index contributed by atoms with van der Waals surface area (Å²) in [5.74, 6) is 0.696. The molecule has 2 aromatic carbocycles. The zero-order valence-electron chi connectivity index (χ0n) is 12.3. The molecule has 2 aliphatic heterocycles. The number of likely N-dealkylation sites (tertiary alicyclic amines) is 1. The van der Waals surface area contributed by atoms with Crippen LogP contribution in [0.15, 0.2) is 54.6 Å². The molecule has 0 aliphatic carbocycles. The van der Waals surface area contributed by atoms with Gasteiger partial charge in [0.1, 0.15) is 0 Å². The number of hydrogen-bond donors (Lipinski definition) is 1. The van der Waals surface area contributed by atoms with E-state index in [2.05, 4.69) is 64.8 Å². The number of nitrogens with one attached hydrogen (secondary N) is 1. The lowest BCUT2D eigenvalue weighted by Crippen LogP contribution is -2.25. The maximum Gasteiger partial charge on any atom is 0.0378 e. The summed E-state index contributed by atoms with van der Waals surface area (Å²) in [6.07, 6.45) is 2.51. The van der Waals surface area contributed by atoms with Gasteiger partial charge in [0.2, 0.25) is 0 Å². The second-order valence-corrected chi connectivity index (χ2v) is 6.28. The molecule has 1 N–H and O–H groups in total. The second-order valence-electron chi connectivity index (χ2n) is 6.28. The highest BCUT2D eigenvalue weighted by molar-refractivity contribution is 5.59. The van der Waals surface area contributed by atoms with E-state index in [9.17, 15) is 0 Å². The van der Waals surface area contributed by atoms with Gasteiger partial charge in [-0.2, -0.15) is 0 Å². The van der Waals surface area contributed by atoms with E-state index < -0.39 is 0 Å². The largest absolute Gasteiger partial charge is 0.381 e. The fourth-order valence-electron chi connectivity index (χ4n) is 3.85. The Labute approximate surface area is 126 Å². The molecule has 21 heavy (non-hydrogen) atoms. The highest BCUT2D eigenvalue weighted by Crippen LogP contribution is 2.40. The van der Waals surface area contributed by atoms with E-state index in [1.807, 2.05) is 0 Å². The first-order chi connectivity index (χ1) is 10.4. The molecule has 2 aromatic rings. The van der Waals surface area contributed by atoms with Gasteiger partial charge in [-0.3, -0.25) is 4.90 Å². The topological polar surface area (TPSA) is 15.3 Å². The quantitative estimate of drug-likeness (QED) is 0.897. The minimum atomic E-state index is 0.628. The van der Waals surface area contributed by atoms with E-state index in [0.29, 0.717) is 12.0 Å². The van der Waals surface area contributed by atoms with Crippen LogP contribution in [0.25, 0.3) is 0 Å². The summed E-state index contributed by atoms with van der Waals surface area (Å²) < 4.78 is 0. The Morgan fingerprint density at radius 3 is 2.57 bits per heavy atom. The van der Waals surface area contributed by atoms with E-state index in [1.165, 1.54) is 42.7 Å². The molecule has 0 bridgehead atoms. The zero-order chi connectivity index (χ0) is 14.1. The first-order valence-electron chi connectivity index (χ1n) is 8.02. The molecular weight excluding hydrogens is 256 g/mol. The molecular formula is C19H22N2. The second kappa shape index (κ2) is 5.53. The van der Waals surface area contributed by atoms with Gasteiger partial charge in [0, 0.05) is 30.7 Å². The SMILES string of the molecule is c1ccc(CN2CCC3Nc4ccccc4C3CC2)cc1. The molecule has 0 spiro atoms. The van der Waals surface area contributed by atoms with Crippen molar-refractivity contribution in [1.82, 2.24) is 4.90 Å². The van der Waals surface area contributed by atoms with Crippen LogP contribution in [0, 0.1) is 0 Å². The number of benzene rings is 2. The predicted octanol–water partition coefficient (Wildman–Crippen LogP) is 3.86. The molecule has 0 saturated carbocycles. The van der Waals surface area contributed by atoms with Gasteiger partial charge in [-0.25, -0.2) is 0 Å². The Hall–Kier alpha value is -1.80. The van der Waals surface area contributed by atoms with Crippen molar-refractivity contribution in [3.8, 4) is 0 Å². The van der Waals surface area contributed by atoms with Crippen LogP contribution >= 0.6 is 0 Å². The standard InChI is InChI=1S/C19H22N2/c1-2-6-15(7-3-1)14-21-12-10-17-16-8-4-5-9-18(16)20-19(17)11-13-21/h1-9,17,19-20H,10-14H2. The smallest absolute Gasteiger partial charge is 0.0378 e. The maximum absolute atomic E-state index is 3.73. The van der Waals surface area contributed by atoms with Crippen molar-refractivity contribution >= 4 is 5.69 Å². The van der Waals surface area contributed by atoms with E-state index >= 15 is 0 Å². The fourth-order valence-corrected chi connectivity index (χ4v) is 3.85. The molecule has 2 nitrogen and oxygen atoms in total. The lowest BCUT2D eigenvalue weighted by atomic mass is 9.91. The van der Waals surface area contributed by atoms with Gasteiger partial charge in [0.25, 0.3) is 0 Å². The molecule has 108 valence electrons. The van der Waals surface area contributed by atoms with Gasteiger partial charge >= 0.3 is 0 Å². The normalized spacial score (nSPS) is 24.8. The Kier molecular flexibility index (Phi) is 3.40. The summed E-state index contributed by atoms with van der Waals surface area (Å²) in [4.78, 5) is 2.61. The lowest BCUT2D eigenvalue weighted by molar-refractivity contribution is 0.275. The molecule has 0 aromatic heterocycles. The third-order valence-electron chi connectivity index (χ3n) is 4.95. The van der Waals surface area contributed by atoms with Gasteiger partial charge in [-0.05, 0) is 36.6 Å². The van der Waals surface area contributed by atoms with Crippen molar-refractivity contribution in [2.24, 2.45) is 0 Å². The van der Waals surface area contributed by atoms with E-state index in [0.717, 1.165) is 6.54 Å². The highest BCUT2D eigenvalue weighted by atomic mass is 15.1. The lowest BCUT2D eigenvalue weighted by Gasteiger charge is -2.20. The van der Waals surface area contributed by atoms with Gasteiger partial charge in [-0.1, -0.05) is 48.5 Å². The minimum absolute atomic E-state index is 0.628. The number of para-hydroxylation sites is 1. The van der Waals surface area contributed by atoms with Crippen LogP contribution in [-0.2, 0) is 6.54 Å². The minimum Gasteiger partial charge on any atom is -0.381 e. The van der Waals surface area contributed by atoms with Crippen molar-refractivity contribution in [3.05, 3.63) is 65.7 Å². The van der Waals surface area contributed by atoms with Gasteiger partial charge in [0.15, 0.2) is 0 Å². The summed E-state index contributed by atoms with van der Waals surface area (Å²) in [6, 6.07) is 20.3. The van der Waals surface area contributed by atoms with Gasteiger partial charge in [-0.15, -0.1) is 0 Å². The summed E-state index contributed by atoms with van der Waals surface area (Å²) in [5.41, 5.74) is 4.32. The summed E-state index contributed by atoms with van der Waals surface area (Å²) in [6.45, 7) is 3.48. The van der Waals surface area contributed by atoms with Crippen LogP contribution in [-0.4, -0.2) is 24.0 Å². The predicted molar refractivity (Wildman–Crippen MR) is 87.5 cm³/mol. The number of anilines is 1. The van der Waals surface area contributed by atoms with E-state index in [1.54, 1.807) is 0 Å². The molecule has 1 fully saturated rings. The average Bonchev–Trinajstić information content (AvgIpc) is 2.77. The number of nitrogens with zero attached hydrogens (tertiary/aromatic N) is 1. The molecule has 2 heteroatoms. The fraction of sp³-hybridized carbons (Fsp3) is 0.368. The maximum atomic E-state index is 3.73. The van der Waals surface area contributed by atoms with Crippen molar-refractivity contribution in [2.45, 2.75) is 31.3 Å².